The van der Waals surface area contributed by atoms with Gasteiger partial charge in [-0.1, -0.05) is 13.3 Å². The first-order valence-electron chi connectivity index (χ1n) is 9.42. The number of sulfonamides is 1. The lowest BCUT2D eigenvalue weighted by atomic mass is 10.2. The third kappa shape index (κ3) is 4.74. The van der Waals surface area contributed by atoms with Crippen LogP contribution < -0.4 is 10.6 Å². The lowest BCUT2D eigenvalue weighted by Gasteiger charge is -2.26. The molecule has 2 fully saturated rings. The van der Waals surface area contributed by atoms with Crippen LogP contribution in [0.3, 0.4) is 0 Å². The van der Waals surface area contributed by atoms with Crippen molar-refractivity contribution in [2.75, 3.05) is 38.2 Å². The molecule has 0 aromatic heterocycles. The first kappa shape index (κ1) is 21.2. The SMILES string of the molecule is CCCC1NC(=O)N(CC(=O)Nc2ccc(S(=O)(=O)N3CCOCC3)cc2)C1=O. The number of imide groups is 1. The number of anilines is 1. The van der Waals surface area contributed by atoms with Crippen LogP contribution in [0.1, 0.15) is 19.8 Å². The van der Waals surface area contributed by atoms with Gasteiger partial charge in [-0.25, -0.2) is 13.2 Å². The van der Waals surface area contributed by atoms with Crippen molar-refractivity contribution >= 4 is 33.6 Å². The highest BCUT2D eigenvalue weighted by molar-refractivity contribution is 7.89. The van der Waals surface area contributed by atoms with Gasteiger partial charge in [0.2, 0.25) is 15.9 Å². The number of rotatable bonds is 7. The van der Waals surface area contributed by atoms with Crippen LogP contribution in [0.2, 0.25) is 0 Å². The normalized spacial score (nSPS) is 20.6. The summed E-state index contributed by atoms with van der Waals surface area (Å²) in [6.45, 7) is 2.80. The monoisotopic (exact) mass is 424 g/mol. The van der Waals surface area contributed by atoms with E-state index in [1.54, 1.807) is 0 Å². The van der Waals surface area contributed by atoms with E-state index in [1.165, 1.54) is 28.6 Å². The summed E-state index contributed by atoms with van der Waals surface area (Å²) in [5.74, 6) is -0.964. The Hall–Kier alpha value is -2.50. The van der Waals surface area contributed by atoms with E-state index < -0.39 is 40.5 Å². The third-order valence-electron chi connectivity index (χ3n) is 4.73. The molecular weight excluding hydrogens is 400 g/mol. The molecule has 1 aromatic rings. The van der Waals surface area contributed by atoms with Crippen molar-refractivity contribution in [3.8, 4) is 0 Å². The molecule has 2 heterocycles. The fourth-order valence-electron chi connectivity index (χ4n) is 3.20. The number of hydrogen-bond acceptors (Lipinski definition) is 6. The number of carbonyl (C=O) groups is 3. The Balaban J connectivity index is 1.60. The Morgan fingerprint density at radius 3 is 2.48 bits per heavy atom. The quantitative estimate of drug-likeness (QED) is 0.609. The zero-order chi connectivity index (χ0) is 21.0. The number of nitrogens with one attached hydrogen (secondary N) is 2. The van der Waals surface area contributed by atoms with Gasteiger partial charge >= 0.3 is 6.03 Å². The number of benzene rings is 1. The molecule has 1 atom stereocenters. The minimum absolute atomic E-state index is 0.119. The molecule has 10 nitrogen and oxygen atoms in total. The summed E-state index contributed by atoms with van der Waals surface area (Å²) in [7, 11) is -3.62. The van der Waals surface area contributed by atoms with Crippen molar-refractivity contribution in [2.24, 2.45) is 0 Å². The van der Waals surface area contributed by atoms with E-state index in [1.807, 2.05) is 6.92 Å². The summed E-state index contributed by atoms with van der Waals surface area (Å²) in [6, 6.07) is 4.57. The van der Waals surface area contributed by atoms with Gasteiger partial charge in [-0.15, -0.1) is 0 Å². The van der Waals surface area contributed by atoms with Gasteiger partial charge in [0, 0.05) is 18.8 Å². The minimum Gasteiger partial charge on any atom is -0.379 e. The Morgan fingerprint density at radius 2 is 1.86 bits per heavy atom. The molecule has 2 N–H and O–H groups in total. The summed E-state index contributed by atoms with van der Waals surface area (Å²) in [5, 5.41) is 5.13. The Bertz CT molecular complexity index is 880. The molecule has 1 aromatic carbocycles. The van der Waals surface area contributed by atoms with E-state index in [0.717, 1.165) is 11.3 Å². The van der Waals surface area contributed by atoms with Crippen LogP contribution in [0.25, 0.3) is 0 Å². The van der Waals surface area contributed by atoms with Gasteiger partial charge < -0.3 is 15.4 Å². The Labute approximate surface area is 169 Å². The van der Waals surface area contributed by atoms with Gasteiger partial charge in [0.05, 0.1) is 18.1 Å². The average molecular weight is 424 g/mol. The fourth-order valence-corrected chi connectivity index (χ4v) is 4.61. The fraction of sp³-hybridized carbons (Fsp3) is 0.500. The first-order chi connectivity index (χ1) is 13.8. The summed E-state index contributed by atoms with van der Waals surface area (Å²) in [4.78, 5) is 37.3. The van der Waals surface area contributed by atoms with Crippen LogP contribution in [0.5, 0.6) is 0 Å². The number of nitrogens with zero attached hydrogens (tertiary/aromatic N) is 2. The maximum absolute atomic E-state index is 12.6. The summed E-state index contributed by atoms with van der Waals surface area (Å²) in [5.41, 5.74) is 0.369. The third-order valence-corrected chi connectivity index (χ3v) is 6.64. The van der Waals surface area contributed by atoms with Crippen LogP contribution in [0.15, 0.2) is 29.2 Å². The molecule has 11 heteroatoms. The molecule has 1 unspecified atom stereocenters. The van der Waals surface area contributed by atoms with Crippen molar-refractivity contribution in [3.05, 3.63) is 24.3 Å². The first-order valence-corrected chi connectivity index (χ1v) is 10.9. The lowest BCUT2D eigenvalue weighted by Crippen LogP contribution is -2.40. The summed E-state index contributed by atoms with van der Waals surface area (Å²) in [6.07, 6.45) is 1.25. The highest BCUT2D eigenvalue weighted by Gasteiger charge is 2.38. The number of carbonyl (C=O) groups excluding carboxylic acids is 3. The maximum atomic E-state index is 12.6. The second-order valence-electron chi connectivity index (χ2n) is 6.80. The van der Waals surface area contributed by atoms with E-state index in [-0.39, 0.29) is 4.90 Å². The van der Waals surface area contributed by atoms with Gasteiger partial charge in [-0.05, 0) is 30.7 Å². The van der Waals surface area contributed by atoms with E-state index in [9.17, 15) is 22.8 Å². The zero-order valence-corrected chi connectivity index (χ0v) is 16.9. The van der Waals surface area contributed by atoms with Gasteiger partial charge in [0.15, 0.2) is 0 Å². The molecule has 4 amide bonds. The van der Waals surface area contributed by atoms with Crippen molar-refractivity contribution in [3.63, 3.8) is 0 Å². The Kier molecular flexibility index (Phi) is 6.50. The second-order valence-corrected chi connectivity index (χ2v) is 8.74. The molecule has 2 aliphatic rings. The molecule has 29 heavy (non-hydrogen) atoms. The van der Waals surface area contributed by atoms with E-state index in [0.29, 0.717) is 38.4 Å². The molecule has 0 spiro atoms. The van der Waals surface area contributed by atoms with Crippen molar-refractivity contribution in [1.29, 1.82) is 0 Å². The smallest absolute Gasteiger partial charge is 0.325 e. The molecular formula is C18H24N4O6S. The number of urea groups is 1. The highest BCUT2D eigenvalue weighted by atomic mass is 32.2. The van der Waals surface area contributed by atoms with Crippen LogP contribution in [-0.2, 0) is 24.3 Å². The molecule has 0 bridgehead atoms. The molecule has 2 aliphatic heterocycles. The summed E-state index contributed by atoms with van der Waals surface area (Å²) >= 11 is 0. The molecule has 2 saturated heterocycles. The predicted octanol–water partition coefficient (Wildman–Crippen LogP) is 0.367. The van der Waals surface area contributed by atoms with E-state index >= 15 is 0 Å². The topological polar surface area (TPSA) is 125 Å². The highest BCUT2D eigenvalue weighted by Crippen LogP contribution is 2.19. The number of hydrogen-bond donors (Lipinski definition) is 2. The van der Waals surface area contributed by atoms with Crippen LogP contribution in [0.4, 0.5) is 10.5 Å². The standard InChI is InChI=1S/C18H24N4O6S/c1-2-3-15-17(24)22(18(25)20-15)12-16(23)19-13-4-6-14(7-5-13)29(26,27)21-8-10-28-11-9-21/h4-7,15H,2-3,8-12H2,1H3,(H,19,23)(H,20,25). The van der Waals surface area contributed by atoms with Gasteiger partial charge in [0.25, 0.3) is 5.91 Å². The number of morpholine rings is 1. The van der Waals surface area contributed by atoms with Crippen molar-refractivity contribution < 1.29 is 27.5 Å². The van der Waals surface area contributed by atoms with Gasteiger partial charge in [-0.3, -0.25) is 14.5 Å². The molecule has 3 rings (SSSR count). The molecule has 0 radical (unpaired) electrons. The molecule has 158 valence electrons. The van der Waals surface area contributed by atoms with Gasteiger partial charge in [-0.2, -0.15) is 4.31 Å². The van der Waals surface area contributed by atoms with Crippen molar-refractivity contribution in [1.82, 2.24) is 14.5 Å². The number of amides is 4. The largest absolute Gasteiger partial charge is 0.379 e. The van der Waals surface area contributed by atoms with E-state index in [4.69, 9.17) is 4.74 Å². The van der Waals surface area contributed by atoms with Crippen LogP contribution >= 0.6 is 0 Å². The average Bonchev–Trinajstić information content (AvgIpc) is 2.97. The molecule has 0 aliphatic carbocycles. The number of ether oxygens (including phenoxy) is 1. The van der Waals surface area contributed by atoms with Crippen molar-refractivity contribution in [2.45, 2.75) is 30.7 Å². The van der Waals surface area contributed by atoms with Gasteiger partial charge in [0.1, 0.15) is 12.6 Å². The predicted molar refractivity (Wildman–Crippen MR) is 104 cm³/mol. The van der Waals surface area contributed by atoms with E-state index in [2.05, 4.69) is 10.6 Å². The maximum Gasteiger partial charge on any atom is 0.325 e. The van der Waals surface area contributed by atoms with Crippen LogP contribution in [0, 0.1) is 0 Å². The molecule has 0 saturated carbocycles. The van der Waals surface area contributed by atoms with Crippen LogP contribution in [-0.4, -0.2) is 74.4 Å². The minimum atomic E-state index is -3.62. The zero-order valence-electron chi connectivity index (χ0n) is 16.1. The Morgan fingerprint density at radius 1 is 1.21 bits per heavy atom. The summed E-state index contributed by atoms with van der Waals surface area (Å²) < 4.78 is 31.7. The second kappa shape index (κ2) is 8.89. The lowest BCUT2D eigenvalue weighted by molar-refractivity contribution is -0.130.